The molecule has 5 nitrogen and oxygen atoms in total. The van der Waals surface area contributed by atoms with Gasteiger partial charge in [-0.3, -0.25) is 9.79 Å². The topological polar surface area (TPSA) is 56.7 Å². The molecule has 0 aliphatic rings. The Balaban J connectivity index is 1.73. The first-order chi connectivity index (χ1) is 12.6. The molecule has 0 aromatic heterocycles. The number of carbonyl (C=O) groups excluding carboxylic acids is 1. The fourth-order valence-electron chi connectivity index (χ4n) is 2.54. The summed E-state index contributed by atoms with van der Waals surface area (Å²) < 4.78 is 13.3. The van der Waals surface area contributed by atoms with Crippen molar-refractivity contribution in [1.29, 1.82) is 0 Å². The molecular weight excluding hydrogens is 331 g/mol. The van der Waals surface area contributed by atoms with E-state index in [1.54, 1.807) is 13.1 Å². The van der Waals surface area contributed by atoms with Gasteiger partial charge in [0, 0.05) is 40.2 Å². The number of guanidine groups is 1. The maximum Gasteiger partial charge on any atom is 0.222 e. The van der Waals surface area contributed by atoms with Crippen LogP contribution < -0.4 is 10.6 Å². The molecule has 6 heteroatoms. The van der Waals surface area contributed by atoms with E-state index in [1.807, 2.05) is 48.3 Å². The molecule has 2 aromatic rings. The predicted octanol–water partition coefficient (Wildman–Crippen LogP) is 2.54. The number of aliphatic imine (C=N–C) groups is 1. The average molecular weight is 356 g/mol. The standard InChI is InChI=1S/C20H25FN4O/c1-22-20(25(2)15-17-9-6-10-18(21)13-17)23-12-11-19(26)24-14-16-7-4-3-5-8-16/h3-10,13H,11-12,14-15H2,1-2H3,(H,22,23)(H,24,26). The van der Waals surface area contributed by atoms with Gasteiger partial charge >= 0.3 is 0 Å². The second-order valence-electron chi connectivity index (χ2n) is 5.97. The molecule has 1 amide bonds. The Kier molecular flexibility index (Phi) is 7.61. The Morgan fingerprint density at radius 2 is 1.81 bits per heavy atom. The molecule has 0 bridgehead atoms. The smallest absolute Gasteiger partial charge is 0.222 e. The Labute approximate surface area is 153 Å². The van der Waals surface area contributed by atoms with Crippen LogP contribution >= 0.6 is 0 Å². The van der Waals surface area contributed by atoms with E-state index in [2.05, 4.69) is 15.6 Å². The van der Waals surface area contributed by atoms with Crippen LogP contribution in [-0.2, 0) is 17.9 Å². The maximum absolute atomic E-state index is 13.3. The van der Waals surface area contributed by atoms with E-state index < -0.39 is 0 Å². The Morgan fingerprint density at radius 1 is 1.08 bits per heavy atom. The van der Waals surface area contributed by atoms with Gasteiger partial charge in [0.05, 0.1) is 0 Å². The highest BCUT2D eigenvalue weighted by molar-refractivity contribution is 5.81. The van der Waals surface area contributed by atoms with Gasteiger partial charge in [0.15, 0.2) is 5.96 Å². The van der Waals surface area contributed by atoms with E-state index in [4.69, 9.17) is 0 Å². The van der Waals surface area contributed by atoms with Gasteiger partial charge < -0.3 is 15.5 Å². The third-order valence-electron chi connectivity index (χ3n) is 3.85. The summed E-state index contributed by atoms with van der Waals surface area (Å²) in [6, 6.07) is 16.3. The summed E-state index contributed by atoms with van der Waals surface area (Å²) in [5.74, 6) is 0.378. The zero-order valence-corrected chi connectivity index (χ0v) is 15.2. The first-order valence-corrected chi connectivity index (χ1v) is 8.55. The lowest BCUT2D eigenvalue weighted by Crippen LogP contribution is -2.40. The van der Waals surface area contributed by atoms with Gasteiger partial charge in [0.1, 0.15) is 5.82 Å². The first-order valence-electron chi connectivity index (χ1n) is 8.55. The lowest BCUT2D eigenvalue weighted by molar-refractivity contribution is -0.121. The number of nitrogens with zero attached hydrogens (tertiary/aromatic N) is 2. The number of carbonyl (C=O) groups is 1. The number of benzene rings is 2. The van der Waals surface area contributed by atoms with E-state index in [1.165, 1.54) is 12.1 Å². The van der Waals surface area contributed by atoms with Gasteiger partial charge in [-0.05, 0) is 23.3 Å². The van der Waals surface area contributed by atoms with Crippen molar-refractivity contribution in [2.24, 2.45) is 4.99 Å². The number of halogens is 1. The van der Waals surface area contributed by atoms with Crippen molar-refractivity contribution >= 4 is 11.9 Å². The summed E-state index contributed by atoms with van der Waals surface area (Å²) in [7, 11) is 3.55. The SMILES string of the molecule is CN=C(NCCC(=O)NCc1ccccc1)N(C)Cc1cccc(F)c1. The number of nitrogens with one attached hydrogen (secondary N) is 2. The maximum atomic E-state index is 13.3. The van der Waals surface area contributed by atoms with Gasteiger partial charge in [0.25, 0.3) is 0 Å². The fraction of sp³-hybridized carbons (Fsp3) is 0.300. The summed E-state index contributed by atoms with van der Waals surface area (Å²) in [4.78, 5) is 18.0. The molecule has 0 aliphatic heterocycles. The minimum atomic E-state index is -0.256. The predicted molar refractivity (Wildman–Crippen MR) is 102 cm³/mol. The van der Waals surface area contributed by atoms with E-state index in [0.717, 1.165) is 11.1 Å². The summed E-state index contributed by atoms with van der Waals surface area (Å²) >= 11 is 0. The molecule has 0 aliphatic carbocycles. The normalized spacial score (nSPS) is 11.1. The molecule has 138 valence electrons. The van der Waals surface area contributed by atoms with Crippen molar-refractivity contribution in [2.45, 2.75) is 19.5 Å². The molecule has 2 N–H and O–H groups in total. The van der Waals surface area contributed by atoms with Crippen LogP contribution in [0.5, 0.6) is 0 Å². The molecule has 2 aromatic carbocycles. The lowest BCUT2D eigenvalue weighted by atomic mass is 10.2. The fourth-order valence-corrected chi connectivity index (χ4v) is 2.54. The quantitative estimate of drug-likeness (QED) is 0.592. The van der Waals surface area contributed by atoms with Gasteiger partial charge in [-0.15, -0.1) is 0 Å². The van der Waals surface area contributed by atoms with Crippen LogP contribution in [0.4, 0.5) is 4.39 Å². The van der Waals surface area contributed by atoms with Crippen molar-refractivity contribution in [3.05, 3.63) is 71.5 Å². The van der Waals surface area contributed by atoms with Crippen LogP contribution in [0.3, 0.4) is 0 Å². The van der Waals surface area contributed by atoms with Gasteiger partial charge in [0.2, 0.25) is 5.91 Å². The summed E-state index contributed by atoms with van der Waals surface area (Å²) in [5, 5.41) is 6.05. The van der Waals surface area contributed by atoms with Crippen LogP contribution in [0, 0.1) is 5.82 Å². The van der Waals surface area contributed by atoms with Crippen molar-refractivity contribution < 1.29 is 9.18 Å². The highest BCUT2D eigenvalue weighted by Gasteiger charge is 2.08. The van der Waals surface area contributed by atoms with E-state index in [0.29, 0.717) is 32.0 Å². The first kappa shape index (κ1) is 19.4. The van der Waals surface area contributed by atoms with Crippen LogP contribution in [0.15, 0.2) is 59.6 Å². The largest absolute Gasteiger partial charge is 0.356 e. The number of hydrogen-bond acceptors (Lipinski definition) is 2. The molecule has 2 rings (SSSR count). The highest BCUT2D eigenvalue weighted by Crippen LogP contribution is 2.06. The molecule has 0 heterocycles. The van der Waals surface area contributed by atoms with Crippen molar-refractivity contribution in [2.75, 3.05) is 20.6 Å². The Hall–Kier alpha value is -2.89. The van der Waals surface area contributed by atoms with Crippen LogP contribution in [0.2, 0.25) is 0 Å². The number of amides is 1. The molecular formula is C20H25FN4O. The van der Waals surface area contributed by atoms with Gasteiger partial charge in [-0.2, -0.15) is 0 Å². The van der Waals surface area contributed by atoms with E-state index in [9.17, 15) is 9.18 Å². The van der Waals surface area contributed by atoms with E-state index >= 15 is 0 Å². The minimum absolute atomic E-state index is 0.0235. The number of rotatable bonds is 7. The lowest BCUT2D eigenvalue weighted by Gasteiger charge is -2.22. The van der Waals surface area contributed by atoms with E-state index in [-0.39, 0.29) is 11.7 Å². The second-order valence-corrected chi connectivity index (χ2v) is 5.97. The summed E-state index contributed by atoms with van der Waals surface area (Å²) in [5.41, 5.74) is 1.93. The third kappa shape index (κ3) is 6.55. The molecule has 0 spiro atoms. The highest BCUT2D eigenvalue weighted by atomic mass is 19.1. The Bertz CT molecular complexity index is 734. The van der Waals surface area contributed by atoms with Crippen molar-refractivity contribution in [1.82, 2.24) is 15.5 Å². The van der Waals surface area contributed by atoms with Gasteiger partial charge in [-0.1, -0.05) is 42.5 Å². The molecule has 0 atom stereocenters. The van der Waals surface area contributed by atoms with Crippen LogP contribution in [0.25, 0.3) is 0 Å². The molecule has 0 saturated carbocycles. The third-order valence-corrected chi connectivity index (χ3v) is 3.85. The summed E-state index contributed by atoms with van der Waals surface area (Å²) in [6.07, 6.45) is 0.347. The zero-order valence-electron chi connectivity index (χ0n) is 15.2. The van der Waals surface area contributed by atoms with Gasteiger partial charge in [-0.25, -0.2) is 4.39 Å². The van der Waals surface area contributed by atoms with Crippen molar-refractivity contribution in [3.8, 4) is 0 Å². The molecule has 0 unspecified atom stereocenters. The zero-order chi connectivity index (χ0) is 18.8. The molecule has 0 radical (unpaired) electrons. The summed E-state index contributed by atoms with van der Waals surface area (Å²) in [6.45, 7) is 1.52. The molecule has 26 heavy (non-hydrogen) atoms. The second kappa shape index (κ2) is 10.2. The minimum Gasteiger partial charge on any atom is -0.356 e. The van der Waals surface area contributed by atoms with Crippen molar-refractivity contribution in [3.63, 3.8) is 0 Å². The molecule has 0 saturated heterocycles. The van der Waals surface area contributed by atoms with Crippen LogP contribution in [-0.4, -0.2) is 37.4 Å². The average Bonchev–Trinajstić information content (AvgIpc) is 2.64. The van der Waals surface area contributed by atoms with Crippen LogP contribution in [0.1, 0.15) is 17.5 Å². The number of hydrogen-bond donors (Lipinski definition) is 2. The molecule has 0 fully saturated rings. The Morgan fingerprint density at radius 3 is 2.50 bits per heavy atom. The monoisotopic (exact) mass is 356 g/mol.